The highest BCUT2D eigenvalue weighted by Gasteiger charge is 2.40. The number of carbonyl (C=O) groups excluding carboxylic acids is 1. The number of nitrogens with one attached hydrogen (secondary N) is 1. The molecule has 11 heteroatoms. The first-order chi connectivity index (χ1) is 13.4. The Morgan fingerprint density at radius 2 is 2.14 bits per heavy atom. The van der Waals surface area contributed by atoms with Crippen LogP contribution in [0.1, 0.15) is 12.8 Å². The summed E-state index contributed by atoms with van der Waals surface area (Å²) in [5.74, 6) is 0.232. The highest BCUT2D eigenvalue weighted by Crippen LogP contribution is 2.34. The Labute approximate surface area is 175 Å². The first-order valence-corrected chi connectivity index (χ1v) is 11.9. The molecular formula is C17H16ClN3O4S3. The monoisotopic (exact) mass is 457 g/mol. The van der Waals surface area contributed by atoms with Crippen LogP contribution >= 0.6 is 34.3 Å². The molecule has 3 heterocycles. The number of fused-ring (bicyclic) bond motifs is 1. The summed E-state index contributed by atoms with van der Waals surface area (Å²) in [6, 6.07) is 7.76. The molecule has 1 aliphatic rings. The summed E-state index contributed by atoms with van der Waals surface area (Å²) in [4.78, 5) is 17.3. The smallest absolute Gasteiger partial charge is 0.253 e. The first kappa shape index (κ1) is 19.6. The van der Waals surface area contributed by atoms with Crippen LogP contribution in [0.25, 0.3) is 10.2 Å². The third-order valence-corrected chi connectivity index (χ3v) is 8.99. The predicted octanol–water partition coefficient (Wildman–Crippen LogP) is 3.81. The van der Waals surface area contributed by atoms with Crippen LogP contribution in [-0.2, 0) is 14.8 Å². The van der Waals surface area contributed by atoms with Gasteiger partial charge in [-0.1, -0.05) is 29.0 Å². The van der Waals surface area contributed by atoms with Crippen molar-refractivity contribution >= 4 is 65.6 Å². The van der Waals surface area contributed by atoms with E-state index in [0.29, 0.717) is 40.1 Å². The van der Waals surface area contributed by atoms with Crippen molar-refractivity contribution in [2.24, 2.45) is 0 Å². The molecule has 0 saturated carbocycles. The average Bonchev–Trinajstić information content (AvgIpc) is 3.39. The molecule has 0 bridgehead atoms. The number of rotatable bonds is 5. The summed E-state index contributed by atoms with van der Waals surface area (Å²) in [6.45, 7) is 0.295. The number of halogens is 1. The highest BCUT2D eigenvalue weighted by molar-refractivity contribution is 7.91. The van der Waals surface area contributed by atoms with E-state index in [1.807, 2.05) is 12.1 Å². The molecule has 1 aromatic carbocycles. The zero-order valence-electron chi connectivity index (χ0n) is 14.7. The maximum Gasteiger partial charge on any atom is 0.253 e. The number of nitrogens with zero attached hydrogens (tertiary/aromatic N) is 2. The molecule has 1 saturated heterocycles. The first-order valence-electron chi connectivity index (χ1n) is 8.42. The summed E-state index contributed by atoms with van der Waals surface area (Å²) in [7, 11) is -2.21. The van der Waals surface area contributed by atoms with Crippen LogP contribution in [-0.4, -0.2) is 43.3 Å². The van der Waals surface area contributed by atoms with Crippen LogP contribution in [0.5, 0.6) is 5.75 Å². The second kappa shape index (κ2) is 7.60. The van der Waals surface area contributed by atoms with E-state index in [1.165, 1.54) is 21.7 Å². The normalized spacial score (nSPS) is 17.9. The van der Waals surface area contributed by atoms with Gasteiger partial charge >= 0.3 is 0 Å². The second-order valence-electron chi connectivity index (χ2n) is 6.15. The summed E-state index contributed by atoms with van der Waals surface area (Å²) >= 11 is 8.18. The Hall–Kier alpha value is -1.72. The SMILES string of the molecule is COc1cccc2sc(NC(=O)[C@H]3CCCN3S(=O)(=O)c3ccc(Cl)s3)nc12. The number of thiophene rings is 1. The summed E-state index contributed by atoms with van der Waals surface area (Å²) in [6.07, 6.45) is 1.07. The molecule has 4 rings (SSSR count). The van der Waals surface area contributed by atoms with Crippen molar-refractivity contribution in [3.8, 4) is 5.75 Å². The summed E-state index contributed by atoms with van der Waals surface area (Å²) < 4.78 is 33.8. The van der Waals surface area contributed by atoms with Gasteiger partial charge in [0.05, 0.1) is 16.1 Å². The number of carbonyl (C=O) groups is 1. The number of benzene rings is 1. The molecule has 148 valence electrons. The van der Waals surface area contributed by atoms with E-state index in [1.54, 1.807) is 19.2 Å². The number of anilines is 1. The Kier molecular flexibility index (Phi) is 5.32. The fourth-order valence-electron chi connectivity index (χ4n) is 3.17. The van der Waals surface area contributed by atoms with E-state index in [9.17, 15) is 13.2 Å². The number of aromatic nitrogens is 1. The van der Waals surface area contributed by atoms with Crippen LogP contribution in [0.4, 0.5) is 5.13 Å². The van der Waals surface area contributed by atoms with Crippen molar-refractivity contribution in [2.75, 3.05) is 19.0 Å². The van der Waals surface area contributed by atoms with Crippen LogP contribution in [0.3, 0.4) is 0 Å². The van der Waals surface area contributed by atoms with Crippen molar-refractivity contribution < 1.29 is 17.9 Å². The maximum absolute atomic E-state index is 12.9. The molecule has 0 unspecified atom stereocenters. The van der Waals surface area contributed by atoms with Gasteiger partial charge < -0.3 is 10.1 Å². The molecule has 2 aromatic heterocycles. The Morgan fingerprint density at radius 3 is 2.86 bits per heavy atom. The molecule has 0 radical (unpaired) electrons. The van der Waals surface area contributed by atoms with Crippen LogP contribution < -0.4 is 10.1 Å². The Bertz CT molecular complexity index is 1140. The third-order valence-electron chi connectivity index (χ3n) is 4.45. The van der Waals surface area contributed by atoms with Gasteiger partial charge in [-0.15, -0.1) is 11.3 Å². The van der Waals surface area contributed by atoms with Crippen molar-refractivity contribution in [3.63, 3.8) is 0 Å². The van der Waals surface area contributed by atoms with Gasteiger partial charge in [0.15, 0.2) is 5.13 Å². The summed E-state index contributed by atoms with van der Waals surface area (Å²) in [5, 5.41) is 3.18. The number of methoxy groups -OCH3 is 1. The lowest BCUT2D eigenvalue weighted by atomic mass is 10.2. The number of ether oxygens (including phenoxy) is 1. The van der Waals surface area contributed by atoms with E-state index in [2.05, 4.69) is 10.3 Å². The van der Waals surface area contributed by atoms with E-state index in [-0.39, 0.29) is 10.1 Å². The number of sulfonamides is 1. The number of amides is 1. The lowest BCUT2D eigenvalue weighted by molar-refractivity contribution is -0.119. The van der Waals surface area contributed by atoms with Gasteiger partial charge in [-0.25, -0.2) is 13.4 Å². The molecule has 7 nitrogen and oxygen atoms in total. The topological polar surface area (TPSA) is 88.6 Å². The lowest BCUT2D eigenvalue weighted by Crippen LogP contribution is -2.42. The fraction of sp³-hybridized carbons (Fsp3) is 0.294. The van der Waals surface area contributed by atoms with Crippen LogP contribution in [0.15, 0.2) is 34.5 Å². The molecule has 1 fully saturated rings. The number of thiazole rings is 1. The van der Waals surface area contributed by atoms with Gasteiger partial charge in [-0.3, -0.25) is 4.79 Å². The molecule has 3 aromatic rings. The Morgan fingerprint density at radius 1 is 1.32 bits per heavy atom. The quantitative estimate of drug-likeness (QED) is 0.629. The van der Waals surface area contributed by atoms with Crippen molar-refractivity contribution in [2.45, 2.75) is 23.1 Å². The van der Waals surface area contributed by atoms with Gasteiger partial charge in [-0.05, 0) is 37.1 Å². The molecule has 28 heavy (non-hydrogen) atoms. The number of hydrogen-bond acceptors (Lipinski definition) is 7. The van der Waals surface area contributed by atoms with Crippen molar-refractivity contribution in [1.82, 2.24) is 9.29 Å². The molecule has 1 N–H and O–H groups in total. The predicted molar refractivity (Wildman–Crippen MR) is 111 cm³/mol. The molecular weight excluding hydrogens is 442 g/mol. The lowest BCUT2D eigenvalue weighted by Gasteiger charge is -2.22. The van der Waals surface area contributed by atoms with Gasteiger partial charge in [0.2, 0.25) is 5.91 Å². The molecule has 1 atom stereocenters. The van der Waals surface area contributed by atoms with E-state index >= 15 is 0 Å². The third kappa shape index (κ3) is 3.50. The zero-order chi connectivity index (χ0) is 19.9. The minimum Gasteiger partial charge on any atom is -0.494 e. The van der Waals surface area contributed by atoms with Gasteiger partial charge in [-0.2, -0.15) is 4.31 Å². The minimum atomic E-state index is -3.77. The van der Waals surface area contributed by atoms with E-state index in [0.717, 1.165) is 16.0 Å². The fourth-order valence-corrected chi connectivity index (χ4v) is 7.33. The van der Waals surface area contributed by atoms with E-state index in [4.69, 9.17) is 16.3 Å². The van der Waals surface area contributed by atoms with Gasteiger partial charge in [0.1, 0.15) is 21.5 Å². The highest BCUT2D eigenvalue weighted by atomic mass is 35.5. The van der Waals surface area contributed by atoms with Gasteiger partial charge in [0.25, 0.3) is 10.0 Å². The van der Waals surface area contributed by atoms with Crippen molar-refractivity contribution in [3.05, 3.63) is 34.7 Å². The summed E-state index contributed by atoms with van der Waals surface area (Å²) in [5.41, 5.74) is 0.662. The maximum atomic E-state index is 12.9. The second-order valence-corrected chi connectivity index (χ2v) is 11.0. The molecule has 1 amide bonds. The molecule has 0 spiro atoms. The minimum absolute atomic E-state index is 0.141. The molecule has 0 aliphatic carbocycles. The largest absolute Gasteiger partial charge is 0.494 e. The average molecular weight is 458 g/mol. The van der Waals surface area contributed by atoms with Crippen LogP contribution in [0.2, 0.25) is 4.34 Å². The Balaban J connectivity index is 1.57. The zero-order valence-corrected chi connectivity index (χ0v) is 17.9. The molecule has 1 aliphatic heterocycles. The number of para-hydroxylation sites is 1. The standard InChI is InChI=1S/C17H16ClN3O4S3/c1-25-11-5-2-6-12-15(11)19-17(26-12)20-16(22)10-4-3-9-21(10)28(23,24)14-8-7-13(18)27-14/h2,5-8,10H,3-4,9H2,1H3,(H,19,20,22)/t10-/m1/s1. The van der Waals surface area contributed by atoms with E-state index < -0.39 is 16.1 Å². The number of hydrogen-bond donors (Lipinski definition) is 1. The van der Waals surface area contributed by atoms with Crippen molar-refractivity contribution in [1.29, 1.82) is 0 Å². The van der Waals surface area contributed by atoms with Crippen LogP contribution in [0, 0.1) is 0 Å². The van der Waals surface area contributed by atoms with Gasteiger partial charge in [0, 0.05) is 6.54 Å².